The highest BCUT2D eigenvalue weighted by molar-refractivity contribution is 6.38. The van der Waals surface area contributed by atoms with Crippen LogP contribution in [-0.4, -0.2) is 92.6 Å². The summed E-state index contributed by atoms with van der Waals surface area (Å²) in [7, 11) is 0. The van der Waals surface area contributed by atoms with Gasteiger partial charge in [0.1, 0.15) is 11.9 Å². The number of carbonyl (C=O) groups excluding carboxylic acids is 2. The number of aliphatic imine (C=N–C) groups is 1. The van der Waals surface area contributed by atoms with Gasteiger partial charge in [-0.2, -0.15) is 0 Å². The Hall–Kier alpha value is -3.06. The Balaban J connectivity index is 1.26. The van der Waals surface area contributed by atoms with Crippen molar-refractivity contribution in [3.05, 3.63) is 24.3 Å². The summed E-state index contributed by atoms with van der Waals surface area (Å²) in [4.78, 5) is 33.9. The number of ether oxygens (including phenoxy) is 2. The predicted octanol–water partition coefficient (Wildman–Crippen LogP) is 2.00. The van der Waals surface area contributed by atoms with Gasteiger partial charge >= 0.3 is 12.4 Å². The number of carbonyl (C=O) groups is 2. The zero-order chi connectivity index (χ0) is 25.5. The summed E-state index contributed by atoms with van der Waals surface area (Å²) >= 11 is 0. The Kier molecular flexibility index (Phi) is 8.52. The van der Waals surface area contributed by atoms with Crippen LogP contribution in [0.1, 0.15) is 19.3 Å². The number of benzene rings is 1. The summed E-state index contributed by atoms with van der Waals surface area (Å²) in [5, 5.41) is 8.20. The molecular formula is C23H31F3N6O4. The molecule has 36 heavy (non-hydrogen) atoms. The lowest BCUT2D eigenvalue weighted by Gasteiger charge is -2.26. The zero-order valence-corrected chi connectivity index (χ0v) is 19.9. The van der Waals surface area contributed by atoms with Crippen LogP contribution in [0.3, 0.4) is 0 Å². The lowest BCUT2D eigenvalue weighted by molar-refractivity contribution is -0.274. The van der Waals surface area contributed by atoms with Crippen molar-refractivity contribution in [3.63, 3.8) is 0 Å². The SMILES string of the molecule is O=C(Nc1ccc(OC(F)(F)F)cc1)NC1CN(CC2CC2)C(C(=O)NCCCN2CCOCC2)=N1. The van der Waals surface area contributed by atoms with Crippen LogP contribution in [0.5, 0.6) is 5.75 Å². The fraction of sp³-hybridized carbons (Fsp3) is 0.609. The zero-order valence-electron chi connectivity index (χ0n) is 19.9. The average molecular weight is 513 g/mol. The van der Waals surface area contributed by atoms with Crippen molar-refractivity contribution in [2.24, 2.45) is 10.9 Å². The molecule has 13 heteroatoms. The van der Waals surface area contributed by atoms with Crippen LogP contribution in [0.25, 0.3) is 0 Å². The molecule has 2 heterocycles. The molecule has 4 rings (SSSR count). The first-order chi connectivity index (χ1) is 17.2. The van der Waals surface area contributed by atoms with E-state index in [2.05, 4.69) is 30.6 Å². The maximum atomic E-state index is 12.8. The smallest absolute Gasteiger partial charge is 0.406 e. The second-order valence-electron chi connectivity index (χ2n) is 9.05. The van der Waals surface area contributed by atoms with E-state index in [-0.39, 0.29) is 17.3 Å². The number of hydrogen-bond acceptors (Lipinski definition) is 7. The van der Waals surface area contributed by atoms with Gasteiger partial charge in [-0.3, -0.25) is 9.69 Å². The van der Waals surface area contributed by atoms with Crippen LogP contribution in [0.4, 0.5) is 23.7 Å². The molecule has 1 aliphatic carbocycles. The summed E-state index contributed by atoms with van der Waals surface area (Å²) in [6.07, 6.45) is -2.37. The molecule has 3 amide bonds. The molecular weight excluding hydrogens is 481 g/mol. The lowest BCUT2D eigenvalue weighted by Crippen LogP contribution is -2.44. The first kappa shape index (κ1) is 26.0. The number of nitrogens with one attached hydrogen (secondary N) is 3. The third-order valence-electron chi connectivity index (χ3n) is 6.03. The van der Waals surface area contributed by atoms with Gasteiger partial charge in [-0.1, -0.05) is 0 Å². The van der Waals surface area contributed by atoms with Crippen LogP contribution in [-0.2, 0) is 9.53 Å². The highest BCUT2D eigenvalue weighted by atomic mass is 19.4. The van der Waals surface area contributed by atoms with E-state index in [1.54, 1.807) is 0 Å². The van der Waals surface area contributed by atoms with E-state index in [0.29, 0.717) is 31.4 Å². The molecule has 1 aromatic rings. The van der Waals surface area contributed by atoms with Crippen molar-refractivity contribution in [1.29, 1.82) is 0 Å². The Morgan fingerprint density at radius 1 is 1.14 bits per heavy atom. The number of alkyl halides is 3. The maximum Gasteiger partial charge on any atom is 0.573 e. The average Bonchev–Trinajstić information content (AvgIpc) is 3.56. The van der Waals surface area contributed by atoms with Gasteiger partial charge in [0, 0.05) is 31.9 Å². The van der Waals surface area contributed by atoms with Gasteiger partial charge in [0.25, 0.3) is 5.91 Å². The Morgan fingerprint density at radius 3 is 2.53 bits per heavy atom. The molecule has 3 N–H and O–H groups in total. The molecule has 10 nitrogen and oxygen atoms in total. The first-order valence-electron chi connectivity index (χ1n) is 12.1. The van der Waals surface area contributed by atoms with E-state index >= 15 is 0 Å². The molecule has 1 atom stereocenters. The summed E-state index contributed by atoms with van der Waals surface area (Å²) in [5.74, 6) is 0.189. The van der Waals surface area contributed by atoms with Gasteiger partial charge in [0.05, 0.1) is 19.8 Å². The Bertz CT molecular complexity index is 933. The standard InChI is InChI=1S/C23H31F3N6O4/c24-23(25,26)36-18-6-4-17(5-7-18)28-22(34)30-19-15-32(14-16-2-3-16)20(29-19)21(33)27-8-1-9-31-10-12-35-13-11-31/h4-7,16,19H,1-3,8-15H2,(H,27,33)(H2,28,30,34). The largest absolute Gasteiger partial charge is 0.573 e. The predicted molar refractivity (Wildman–Crippen MR) is 126 cm³/mol. The second-order valence-corrected chi connectivity index (χ2v) is 9.05. The van der Waals surface area contributed by atoms with Crippen molar-refractivity contribution in [2.75, 3.05) is 57.8 Å². The number of amides is 3. The van der Waals surface area contributed by atoms with Crippen molar-refractivity contribution < 1.29 is 32.2 Å². The quantitative estimate of drug-likeness (QED) is 0.414. The van der Waals surface area contributed by atoms with Crippen molar-refractivity contribution in [3.8, 4) is 5.75 Å². The molecule has 0 aromatic heterocycles. The topological polar surface area (TPSA) is 108 Å². The van der Waals surface area contributed by atoms with Crippen molar-refractivity contribution in [1.82, 2.24) is 20.4 Å². The number of anilines is 1. The Morgan fingerprint density at radius 2 is 1.86 bits per heavy atom. The molecule has 1 saturated carbocycles. The number of rotatable bonds is 10. The molecule has 0 radical (unpaired) electrons. The first-order valence-corrected chi connectivity index (χ1v) is 12.1. The third-order valence-corrected chi connectivity index (χ3v) is 6.03. The van der Waals surface area contributed by atoms with E-state index in [9.17, 15) is 22.8 Å². The maximum absolute atomic E-state index is 12.8. The fourth-order valence-electron chi connectivity index (χ4n) is 4.09. The van der Waals surface area contributed by atoms with Crippen molar-refractivity contribution >= 4 is 23.5 Å². The van der Waals surface area contributed by atoms with E-state index < -0.39 is 18.6 Å². The van der Waals surface area contributed by atoms with Crippen LogP contribution < -0.4 is 20.7 Å². The second kappa shape index (κ2) is 11.8. The summed E-state index contributed by atoms with van der Waals surface area (Å²) in [6.45, 7) is 5.76. The van der Waals surface area contributed by atoms with Crippen LogP contribution in [0, 0.1) is 5.92 Å². The molecule has 2 aliphatic heterocycles. The normalized spacial score (nSPS) is 20.6. The molecule has 2 fully saturated rings. The van der Waals surface area contributed by atoms with Crippen LogP contribution >= 0.6 is 0 Å². The third kappa shape index (κ3) is 8.26. The summed E-state index contributed by atoms with van der Waals surface area (Å²) in [5.41, 5.74) is 0.289. The Labute approximate surface area is 207 Å². The van der Waals surface area contributed by atoms with Crippen LogP contribution in [0.15, 0.2) is 29.3 Å². The number of hydrogen-bond donors (Lipinski definition) is 3. The summed E-state index contributed by atoms with van der Waals surface area (Å²) in [6, 6.07) is 4.24. The molecule has 198 valence electrons. The van der Waals surface area contributed by atoms with E-state index in [1.807, 2.05) is 4.90 Å². The number of amidine groups is 1. The minimum atomic E-state index is -4.79. The number of nitrogens with zero attached hydrogens (tertiary/aromatic N) is 3. The molecule has 1 saturated heterocycles. The minimum Gasteiger partial charge on any atom is -0.406 e. The van der Waals surface area contributed by atoms with Gasteiger partial charge in [-0.25, -0.2) is 9.79 Å². The van der Waals surface area contributed by atoms with E-state index in [4.69, 9.17) is 4.74 Å². The number of morpholine rings is 1. The van der Waals surface area contributed by atoms with E-state index in [0.717, 1.165) is 64.2 Å². The molecule has 1 unspecified atom stereocenters. The highest BCUT2D eigenvalue weighted by Crippen LogP contribution is 2.30. The van der Waals surface area contributed by atoms with Gasteiger partial charge in [-0.15, -0.1) is 13.2 Å². The monoisotopic (exact) mass is 512 g/mol. The van der Waals surface area contributed by atoms with Gasteiger partial charge in [0.15, 0.2) is 5.84 Å². The van der Waals surface area contributed by atoms with E-state index in [1.165, 1.54) is 12.1 Å². The molecule has 0 bridgehead atoms. The van der Waals surface area contributed by atoms with Gasteiger partial charge < -0.3 is 30.3 Å². The van der Waals surface area contributed by atoms with Gasteiger partial charge in [-0.05, 0) is 56.0 Å². The van der Waals surface area contributed by atoms with Gasteiger partial charge in [0.2, 0.25) is 0 Å². The number of halogens is 3. The molecule has 1 aromatic carbocycles. The highest BCUT2D eigenvalue weighted by Gasteiger charge is 2.35. The molecule has 3 aliphatic rings. The molecule has 0 spiro atoms. The lowest BCUT2D eigenvalue weighted by atomic mass is 10.3. The van der Waals surface area contributed by atoms with Crippen molar-refractivity contribution in [2.45, 2.75) is 31.8 Å². The minimum absolute atomic E-state index is 0.261. The fourth-order valence-corrected chi connectivity index (χ4v) is 4.09. The number of urea groups is 1. The van der Waals surface area contributed by atoms with Crippen LogP contribution in [0.2, 0.25) is 0 Å². The summed E-state index contributed by atoms with van der Waals surface area (Å²) < 4.78 is 46.0.